The lowest BCUT2D eigenvalue weighted by Crippen LogP contribution is -2.47. The summed E-state index contributed by atoms with van der Waals surface area (Å²) in [6.45, 7) is 2.75. The van der Waals surface area contributed by atoms with Crippen molar-refractivity contribution in [3.05, 3.63) is 65.7 Å². The van der Waals surface area contributed by atoms with Crippen molar-refractivity contribution in [2.24, 2.45) is 10.9 Å². The van der Waals surface area contributed by atoms with Crippen molar-refractivity contribution in [3.8, 4) is 0 Å². The molecule has 1 fully saturated rings. The minimum Gasteiger partial charge on any atom is -0.445 e. The van der Waals surface area contributed by atoms with Crippen LogP contribution in [0, 0.1) is 5.92 Å². The first-order valence-corrected chi connectivity index (χ1v) is 11.1. The SMILES string of the molecule is CCCN1C(=O)[C@@H](NC(=O)OCc2ccccc2)N=C(C2CCCC2)c2ccccc21. The number of nitrogens with zero attached hydrogens (tertiary/aromatic N) is 2. The number of amides is 2. The number of benzene rings is 2. The number of anilines is 1. The molecule has 0 spiro atoms. The van der Waals surface area contributed by atoms with Gasteiger partial charge < -0.3 is 9.64 Å². The largest absolute Gasteiger partial charge is 0.445 e. The Balaban J connectivity index is 1.60. The first-order valence-electron chi connectivity index (χ1n) is 11.1. The highest BCUT2D eigenvalue weighted by atomic mass is 16.5. The van der Waals surface area contributed by atoms with E-state index in [1.165, 1.54) is 0 Å². The monoisotopic (exact) mass is 419 g/mol. The maximum atomic E-state index is 13.4. The zero-order valence-corrected chi connectivity index (χ0v) is 17.9. The normalized spacial score (nSPS) is 18.9. The Labute approximate surface area is 183 Å². The number of fused-ring (bicyclic) bond motifs is 1. The van der Waals surface area contributed by atoms with E-state index in [4.69, 9.17) is 9.73 Å². The zero-order chi connectivity index (χ0) is 21.6. The number of nitrogens with one attached hydrogen (secondary N) is 1. The van der Waals surface area contributed by atoms with Gasteiger partial charge in [-0.25, -0.2) is 4.79 Å². The van der Waals surface area contributed by atoms with Gasteiger partial charge in [0.1, 0.15) is 6.61 Å². The van der Waals surface area contributed by atoms with E-state index in [9.17, 15) is 9.59 Å². The first-order chi connectivity index (χ1) is 15.2. The van der Waals surface area contributed by atoms with Gasteiger partial charge in [0.2, 0.25) is 6.17 Å². The fourth-order valence-corrected chi connectivity index (χ4v) is 4.41. The molecule has 162 valence electrons. The highest BCUT2D eigenvalue weighted by molar-refractivity contribution is 6.14. The standard InChI is InChI=1S/C25H29N3O3/c1-2-16-28-21-15-9-8-14-20(21)22(19-12-6-7-13-19)26-23(24(28)29)27-25(30)31-17-18-10-4-3-5-11-18/h3-5,8-11,14-15,19,23H,2,6-7,12-13,16-17H2,1H3,(H,27,30)/t23-/m1/s1. The van der Waals surface area contributed by atoms with Crippen LogP contribution < -0.4 is 10.2 Å². The van der Waals surface area contributed by atoms with Crippen LogP contribution in [0.4, 0.5) is 10.5 Å². The summed E-state index contributed by atoms with van der Waals surface area (Å²) in [4.78, 5) is 32.5. The summed E-state index contributed by atoms with van der Waals surface area (Å²) in [6, 6.07) is 17.4. The van der Waals surface area contributed by atoms with E-state index in [-0.39, 0.29) is 12.5 Å². The minimum atomic E-state index is -0.988. The van der Waals surface area contributed by atoms with E-state index in [0.29, 0.717) is 12.5 Å². The maximum absolute atomic E-state index is 13.4. The van der Waals surface area contributed by atoms with Gasteiger partial charge in [-0.2, -0.15) is 0 Å². The van der Waals surface area contributed by atoms with E-state index in [0.717, 1.165) is 54.6 Å². The van der Waals surface area contributed by atoms with Crippen LogP contribution in [0.2, 0.25) is 0 Å². The molecule has 2 aromatic rings. The molecular formula is C25H29N3O3. The molecular weight excluding hydrogens is 390 g/mol. The van der Waals surface area contributed by atoms with Gasteiger partial charge in [-0.3, -0.25) is 15.1 Å². The third-order valence-electron chi connectivity index (χ3n) is 5.90. The number of hydrogen-bond acceptors (Lipinski definition) is 4. The van der Waals surface area contributed by atoms with Gasteiger partial charge in [0.05, 0.1) is 11.4 Å². The van der Waals surface area contributed by atoms with E-state index >= 15 is 0 Å². The molecule has 1 aliphatic heterocycles. The van der Waals surface area contributed by atoms with Crippen molar-refractivity contribution in [1.29, 1.82) is 0 Å². The Morgan fingerprint density at radius 1 is 1.10 bits per heavy atom. The number of carbonyl (C=O) groups is 2. The molecule has 6 heteroatoms. The predicted octanol–water partition coefficient (Wildman–Crippen LogP) is 4.68. The summed E-state index contributed by atoms with van der Waals surface area (Å²) < 4.78 is 5.36. The van der Waals surface area contributed by atoms with Crippen LogP contribution in [0.15, 0.2) is 59.6 Å². The molecule has 1 atom stereocenters. The van der Waals surface area contributed by atoms with Crippen molar-refractivity contribution < 1.29 is 14.3 Å². The second-order valence-corrected chi connectivity index (χ2v) is 8.11. The molecule has 0 saturated heterocycles. The second-order valence-electron chi connectivity index (χ2n) is 8.11. The molecule has 0 aromatic heterocycles. The molecule has 4 rings (SSSR count). The summed E-state index contributed by atoms with van der Waals surface area (Å²) in [5.41, 5.74) is 3.69. The number of carbonyl (C=O) groups excluding carboxylic acids is 2. The van der Waals surface area contributed by atoms with Gasteiger partial charge in [0.15, 0.2) is 0 Å². The van der Waals surface area contributed by atoms with Gasteiger partial charge in [-0.15, -0.1) is 0 Å². The molecule has 0 bridgehead atoms. The molecule has 2 aromatic carbocycles. The highest BCUT2D eigenvalue weighted by Crippen LogP contribution is 2.34. The molecule has 1 aliphatic carbocycles. The number of rotatable bonds is 6. The first kappa shape index (κ1) is 21.1. The molecule has 0 radical (unpaired) electrons. The van der Waals surface area contributed by atoms with Gasteiger partial charge in [0, 0.05) is 18.0 Å². The molecule has 0 unspecified atom stereocenters. The fraction of sp³-hybridized carbons (Fsp3) is 0.400. The quantitative estimate of drug-likeness (QED) is 0.739. The minimum absolute atomic E-state index is 0.145. The number of para-hydroxylation sites is 1. The van der Waals surface area contributed by atoms with Gasteiger partial charge in [0.25, 0.3) is 5.91 Å². The van der Waals surface area contributed by atoms with Gasteiger partial charge in [-0.05, 0) is 30.9 Å². The van der Waals surface area contributed by atoms with Crippen molar-refractivity contribution in [3.63, 3.8) is 0 Å². The lowest BCUT2D eigenvalue weighted by Gasteiger charge is -2.25. The van der Waals surface area contributed by atoms with Crippen LogP contribution in [-0.2, 0) is 16.1 Å². The van der Waals surface area contributed by atoms with Crippen LogP contribution in [0.5, 0.6) is 0 Å². The van der Waals surface area contributed by atoms with Crippen LogP contribution in [0.3, 0.4) is 0 Å². The van der Waals surface area contributed by atoms with E-state index in [2.05, 4.69) is 5.32 Å². The summed E-state index contributed by atoms with van der Waals surface area (Å²) in [7, 11) is 0. The molecule has 31 heavy (non-hydrogen) atoms. The fourth-order valence-electron chi connectivity index (χ4n) is 4.41. The second kappa shape index (κ2) is 9.77. The Bertz CT molecular complexity index is 951. The topological polar surface area (TPSA) is 71.0 Å². The average Bonchev–Trinajstić information content (AvgIpc) is 3.30. The molecule has 2 amide bonds. The summed E-state index contributed by atoms with van der Waals surface area (Å²) in [6.07, 6.45) is 3.62. The number of hydrogen-bond donors (Lipinski definition) is 1. The maximum Gasteiger partial charge on any atom is 0.409 e. The number of ether oxygens (including phenoxy) is 1. The number of aliphatic imine (C=N–C) groups is 1. The lowest BCUT2D eigenvalue weighted by molar-refractivity contribution is -0.120. The molecule has 2 aliphatic rings. The summed E-state index contributed by atoms with van der Waals surface area (Å²) in [5, 5.41) is 2.72. The van der Waals surface area contributed by atoms with Crippen LogP contribution in [0.25, 0.3) is 0 Å². The highest BCUT2D eigenvalue weighted by Gasteiger charge is 2.35. The molecule has 6 nitrogen and oxygen atoms in total. The van der Waals surface area contributed by atoms with E-state index < -0.39 is 12.3 Å². The molecule has 1 N–H and O–H groups in total. The Kier molecular flexibility index (Phi) is 6.65. The van der Waals surface area contributed by atoms with Crippen molar-refractivity contribution in [2.45, 2.75) is 51.8 Å². The van der Waals surface area contributed by atoms with Crippen molar-refractivity contribution in [2.75, 3.05) is 11.4 Å². The van der Waals surface area contributed by atoms with Crippen molar-refractivity contribution in [1.82, 2.24) is 5.32 Å². The van der Waals surface area contributed by atoms with Gasteiger partial charge >= 0.3 is 6.09 Å². The van der Waals surface area contributed by atoms with Gasteiger partial charge in [-0.1, -0.05) is 68.3 Å². The van der Waals surface area contributed by atoms with E-state index in [1.807, 2.05) is 61.5 Å². The Morgan fingerprint density at radius 2 is 1.81 bits per heavy atom. The van der Waals surface area contributed by atoms with Crippen molar-refractivity contribution >= 4 is 23.4 Å². The lowest BCUT2D eigenvalue weighted by atomic mass is 9.94. The predicted molar refractivity (Wildman–Crippen MR) is 121 cm³/mol. The molecule has 1 saturated carbocycles. The zero-order valence-electron chi connectivity index (χ0n) is 17.9. The Hall–Kier alpha value is -3.15. The third-order valence-corrected chi connectivity index (χ3v) is 5.90. The van der Waals surface area contributed by atoms with E-state index in [1.54, 1.807) is 4.90 Å². The number of alkyl carbamates (subject to hydrolysis) is 1. The summed E-state index contributed by atoms with van der Waals surface area (Å²) >= 11 is 0. The van der Waals surface area contributed by atoms with Crippen LogP contribution in [0.1, 0.15) is 50.2 Å². The summed E-state index contributed by atoms with van der Waals surface area (Å²) in [5.74, 6) is 0.0825. The molecule has 1 heterocycles. The number of benzodiazepines with no additional fused rings is 1. The van der Waals surface area contributed by atoms with Crippen LogP contribution in [-0.4, -0.2) is 30.4 Å². The average molecular weight is 420 g/mol. The smallest absolute Gasteiger partial charge is 0.409 e. The third kappa shape index (κ3) is 4.79. The Morgan fingerprint density at radius 3 is 2.55 bits per heavy atom. The van der Waals surface area contributed by atoms with Crippen LogP contribution >= 0.6 is 0 Å².